The SMILES string of the molecule is Sc1cc(SNc2ccc(N3CCNCC3)cc2)ccc1NSc1ccccc1. The van der Waals surface area contributed by atoms with Gasteiger partial charge in [0, 0.05) is 52.2 Å². The number of nitrogens with zero attached hydrogens (tertiary/aromatic N) is 1. The molecule has 0 saturated carbocycles. The van der Waals surface area contributed by atoms with E-state index in [2.05, 4.69) is 86.9 Å². The molecule has 4 nitrogen and oxygen atoms in total. The maximum absolute atomic E-state index is 4.64. The van der Waals surface area contributed by atoms with Crippen LogP contribution in [0.3, 0.4) is 0 Å². The van der Waals surface area contributed by atoms with E-state index in [0.29, 0.717) is 0 Å². The third-order valence-corrected chi connectivity index (χ3v) is 6.65. The number of rotatable bonds is 7. The van der Waals surface area contributed by atoms with E-state index >= 15 is 0 Å². The number of hydrogen-bond donors (Lipinski definition) is 4. The lowest BCUT2D eigenvalue weighted by Gasteiger charge is -2.29. The first-order chi connectivity index (χ1) is 14.3. The molecular weight excluding hydrogens is 416 g/mol. The summed E-state index contributed by atoms with van der Waals surface area (Å²) < 4.78 is 6.79. The Kier molecular flexibility index (Phi) is 7.16. The first-order valence-corrected chi connectivity index (χ1v) is 11.7. The van der Waals surface area contributed by atoms with Crippen molar-refractivity contribution >= 4 is 53.6 Å². The highest BCUT2D eigenvalue weighted by Crippen LogP contribution is 2.31. The maximum atomic E-state index is 4.64. The van der Waals surface area contributed by atoms with Crippen molar-refractivity contribution < 1.29 is 0 Å². The quantitative estimate of drug-likeness (QED) is 0.282. The summed E-state index contributed by atoms with van der Waals surface area (Å²) >= 11 is 7.82. The van der Waals surface area contributed by atoms with Crippen LogP contribution in [-0.4, -0.2) is 26.2 Å². The Morgan fingerprint density at radius 1 is 0.793 bits per heavy atom. The summed E-state index contributed by atoms with van der Waals surface area (Å²) in [6.07, 6.45) is 0. The highest BCUT2D eigenvalue weighted by molar-refractivity contribution is 8.01. The minimum absolute atomic E-state index is 0.925. The van der Waals surface area contributed by atoms with Crippen molar-refractivity contribution in [3.63, 3.8) is 0 Å². The molecule has 0 unspecified atom stereocenters. The second-order valence-electron chi connectivity index (χ2n) is 6.68. The molecule has 4 rings (SSSR count). The maximum Gasteiger partial charge on any atom is 0.0578 e. The molecular formula is C22H24N4S3. The summed E-state index contributed by atoms with van der Waals surface area (Å²) in [5.41, 5.74) is 3.38. The summed E-state index contributed by atoms with van der Waals surface area (Å²) in [5, 5.41) is 3.39. The molecule has 3 aromatic rings. The van der Waals surface area contributed by atoms with E-state index in [4.69, 9.17) is 0 Å². The minimum atomic E-state index is 0.925. The number of nitrogens with one attached hydrogen (secondary N) is 3. The van der Waals surface area contributed by atoms with E-state index in [1.165, 1.54) is 10.6 Å². The molecule has 1 aliphatic heterocycles. The standard InChI is InChI=1S/C22H24N4S3/c27-22-16-20(10-11-21(22)25-28-19-4-2-1-3-5-19)29-24-17-6-8-18(9-7-17)26-14-12-23-13-15-26/h1-11,16,23-25,27H,12-15H2. The second-order valence-corrected chi connectivity index (χ2v) is 8.93. The Balaban J connectivity index is 1.31. The molecule has 0 aromatic heterocycles. The van der Waals surface area contributed by atoms with Crippen LogP contribution in [0.2, 0.25) is 0 Å². The van der Waals surface area contributed by atoms with Crippen LogP contribution in [0.25, 0.3) is 0 Å². The normalized spacial score (nSPS) is 13.9. The first-order valence-electron chi connectivity index (χ1n) is 9.57. The summed E-state index contributed by atoms with van der Waals surface area (Å²) in [6.45, 7) is 4.23. The van der Waals surface area contributed by atoms with Gasteiger partial charge in [0.05, 0.1) is 5.69 Å². The van der Waals surface area contributed by atoms with Gasteiger partial charge in [0.2, 0.25) is 0 Å². The third-order valence-electron chi connectivity index (χ3n) is 4.63. The molecule has 3 N–H and O–H groups in total. The summed E-state index contributed by atoms with van der Waals surface area (Å²) in [5.74, 6) is 0. The third kappa shape index (κ3) is 5.79. The van der Waals surface area contributed by atoms with Gasteiger partial charge in [-0.1, -0.05) is 18.2 Å². The van der Waals surface area contributed by atoms with Crippen molar-refractivity contribution in [1.82, 2.24) is 5.32 Å². The average Bonchev–Trinajstić information content (AvgIpc) is 2.79. The van der Waals surface area contributed by atoms with E-state index in [0.717, 1.165) is 47.3 Å². The molecule has 0 spiro atoms. The molecule has 0 aliphatic carbocycles. The van der Waals surface area contributed by atoms with E-state index in [1.54, 1.807) is 23.9 Å². The van der Waals surface area contributed by atoms with Gasteiger partial charge in [0.1, 0.15) is 0 Å². The molecule has 7 heteroatoms. The Hall–Kier alpha value is -1.93. The van der Waals surface area contributed by atoms with Crippen molar-refractivity contribution in [2.45, 2.75) is 14.7 Å². The van der Waals surface area contributed by atoms with E-state index in [-0.39, 0.29) is 0 Å². The van der Waals surface area contributed by atoms with Gasteiger partial charge in [0.15, 0.2) is 0 Å². The monoisotopic (exact) mass is 440 g/mol. The van der Waals surface area contributed by atoms with E-state index in [9.17, 15) is 0 Å². The van der Waals surface area contributed by atoms with Gasteiger partial charge >= 0.3 is 0 Å². The Bertz CT molecular complexity index is 913. The summed E-state index contributed by atoms with van der Waals surface area (Å²) in [6, 6.07) is 25.1. The zero-order valence-electron chi connectivity index (χ0n) is 16.0. The second kappa shape index (κ2) is 10.2. The number of hydrogen-bond acceptors (Lipinski definition) is 7. The molecule has 1 fully saturated rings. The van der Waals surface area contributed by atoms with Crippen LogP contribution in [0.15, 0.2) is 87.5 Å². The van der Waals surface area contributed by atoms with Crippen molar-refractivity contribution in [2.24, 2.45) is 0 Å². The fourth-order valence-corrected chi connectivity index (χ4v) is 4.86. The zero-order chi connectivity index (χ0) is 19.9. The van der Waals surface area contributed by atoms with Crippen LogP contribution in [0.5, 0.6) is 0 Å². The number of piperazine rings is 1. The predicted octanol–water partition coefficient (Wildman–Crippen LogP) is 5.62. The van der Waals surface area contributed by atoms with Gasteiger partial charge < -0.3 is 19.7 Å². The fourth-order valence-electron chi connectivity index (χ4n) is 3.04. The van der Waals surface area contributed by atoms with Gasteiger partial charge in [-0.05, 0) is 78.5 Å². The average molecular weight is 441 g/mol. The van der Waals surface area contributed by atoms with Crippen LogP contribution < -0.4 is 19.7 Å². The van der Waals surface area contributed by atoms with Crippen LogP contribution >= 0.6 is 36.5 Å². The lowest BCUT2D eigenvalue weighted by molar-refractivity contribution is 0.589. The van der Waals surface area contributed by atoms with Crippen molar-refractivity contribution in [3.05, 3.63) is 72.8 Å². The lowest BCUT2D eigenvalue weighted by Crippen LogP contribution is -2.43. The molecule has 3 aromatic carbocycles. The Morgan fingerprint density at radius 3 is 2.24 bits per heavy atom. The lowest BCUT2D eigenvalue weighted by atomic mass is 10.2. The van der Waals surface area contributed by atoms with Crippen LogP contribution in [0.1, 0.15) is 0 Å². The van der Waals surface area contributed by atoms with Crippen molar-refractivity contribution in [2.75, 3.05) is 40.5 Å². The number of anilines is 3. The smallest absolute Gasteiger partial charge is 0.0578 e. The van der Waals surface area contributed by atoms with Crippen molar-refractivity contribution in [3.8, 4) is 0 Å². The molecule has 1 heterocycles. The molecule has 0 bridgehead atoms. The summed E-state index contributed by atoms with van der Waals surface area (Å²) in [7, 11) is 0. The predicted molar refractivity (Wildman–Crippen MR) is 131 cm³/mol. The molecule has 1 saturated heterocycles. The van der Waals surface area contributed by atoms with Gasteiger partial charge in [0.25, 0.3) is 0 Å². The van der Waals surface area contributed by atoms with E-state index < -0.39 is 0 Å². The molecule has 1 aliphatic rings. The minimum Gasteiger partial charge on any atom is -0.369 e. The number of benzene rings is 3. The van der Waals surface area contributed by atoms with Crippen molar-refractivity contribution in [1.29, 1.82) is 0 Å². The highest BCUT2D eigenvalue weighted by atomic mass is 32.2. The van der Waals surface area contributed by atoms with Gasteiger partial charge in [-0.3, -0.25) is 0 Å². The van der Waals surface area contributed by atoms with E-state index in [1.807, 2.05) is 18.2 Å². The Labute approximate surface area is 186 Å². The molecule has 150 valence electrons. The molecule has 0 amide bonds. The topological polar surface area (TPSA) is 39.3 Å². The van der Waals surface area contributed by atoms with Crippen LogP contribution in [-0.2, 0) is 0 Å². The molecule has 0 radical (unpaired) electrons. The van der Waals surface area contributed by atoms with Crippen LogP contribution in [0, 0.1) is 0 Å². The summed E-state index contributed by atoms with van der Waals surface area (Å²) in [4.78, 5) is 5.63. The van der Waals surface area contributed by atoms with Gasteiger partial charge in [-0.15, -0.1) is 12.6 Å². The first kappa shape index (κ1) is 20.3. The molecule has 29 heavy (non-hydrogen) atoms. The fraction of sp³-hybridized carbons (Fsp3) is 0.182. The largest absolute Gasteiger partial charge is 0.369 e. The number of thiol groups is 1. The molecule has 0 atom stereocenters. The van der Waals surface area contributed by atoms with Crippen LogP contribution in [0.4, 0.5) is 17.1 Å². The van der Waals surface area contributed by atoms with Gasteiger partial charge in [-0.2, -0.15) is 0 Å². The van der Waals surface area contributed by atoms with Gasteiger partial charge in [-0.25, -0.2) is 0 Å². The Morgan fingerprint density at radius 2 is 1.52 bits per heavy atom. The highest BCUT2D eigenvalue weighted by Gasteiger charge is 2.10. The zero-order valence-corrected chi connectivity index (χ0v) is 18.5.